The highest BCUT2D eigenvalue weighted by molar-refractivity contribution is 5.77. The Bertz CT molecular complexity index is 338. The van der Waals surface area contributed by atoms with E-state index in [2.05, 4.69) is 6.58 Å². The van der Waals surface area contributed by atoms with Crippen LogP contribution in [0, 0.1) is 5.92 Å². The molecule has 0 aliphatic rings. The first-order chi connectivity index (χ1) is 9.14. The van der Waals surface area contributed by atoms with Gasteiger partial charge in [-0.2, -0.15) is 0 Å². The molecule has 2 unspecified atom stereocenters. The van der Waals surface area contributed by atoms with Gasteiger partial charge in [-0.1, -0.05) is 30.9 Å². The van der Waals surface area contributed by atoms with E-state index >= 15 is 0 Å². The predicted octanol–water partition coefficient (Wildman–Crippen LogP) is 1.55. The van der Waals surface area contributed by atoms with Crippen molar-refractivity contribution in [2.45, 2.75) is 25.9 Å². The Balaban J connectivity index is 4.96. The Morgan fingerprint density at radius 2 is 2.26 bits per heavy atom. The summed E-state index contributed by atoms with van der Waals surface area (Å²) in [4.78, 5) is 11.6. The average Bonchev–Trinajstić information content (AvgIpc) is 2.42. The summed E-state index contributed by atoms with van der Waals surface area (Å²) in [6.45, 7) is 5.94. The molecule has 0 saturated carbocycles. The summed E-state index contributed by atoms with van der Waals surface area (Å²) >= 11 is 0. The van der Waals surface area contributed by atoms with E-state index in [0.29, 0.717) is 19.4 Å². The van der Waals surface area contributed by atoms with Crippen LogP contribution in [0.3, 0.4) is 0 Å². The normalized spacial score (nSPS) is 15.3. The quantitative estimate of drug-likeness (QED) is 0.336. The Labute approximate surface area is 114 Å². The van der Waals surface area contributed by atoms with Crippen molar-refractivity contribution in [1.29, 1.82) is 0 Å². The molecule has 0 fully saturated rings. The molecular formula is C14H24N2O3. The molecule has 0 rings (SSSR count). The van der Waals surface area contributed by atoms with Crippen molar-refractivity contribution >= 4 is 5.91 Å². The number of nitrogens with two attached hydrogens (primary N) is 1. The standard InChI is InChI=1S/C14H24N2O3/c1-4-6-11(7-5-2)13(19-3)10-12(8-9-15)14(17)16-18/h4-7,12-13,18H,1,8-10,15H2,2-3H3,(H,16,17)/b7-5-,11-6+. The second-order valence-electron chi connectivity index (χ2n) is 4.11. The van der Waals surface area contributed by atoms with Crippen molar-refractivity contribution in [2.75, 3.05) is 13.7 Å². The van der Waals surface area contributed by atoms with Gasteiger partial charge in [0.2, 0.25) is 5.91 Å². The van der Waals surface area contributed by atoms with Crippen molar-refractivity contribution in [3.8, 4) is 0 Å². The number of hydrogen-bond acceptors (Lipinski definition) is 4. The maximum Gasteiger partial charge on any atom is 0.246 e. The number of carbonyl (C=O) groups is 1. The van der Waals surface area contributed by atoms with Crippen molar-refractivity contribution in [2.24, 2.45) is 11.7 Å². The third-order valence-corrected chi connectivity index (χ3v) is 2.82. The summed E-state index contributed by atoms with van der Waals surface area (Å²) in [5.41, 5.74) is 8.08. The van der Waals surface area contributed by atoms with Crippen LogP contribution in [0.1, 0.15) is 19.8 Å². The third-order valence-electron chi connectivity index (χ3n) is 2.82. The lowest BCUT2D eigenvalue weighted by atomic mass is 9.93. The minimum absolute atomic E-state index is 0.247. The molecule has 0 spiro atoms. The molecule has 0 aromatic heterocycles. The van der Waals surface area contributed by atoms with E-state index in [9.17, 15) is 4.79 Å². The van der Waals surface area contributed by atoms with Gasteiger partial charge < -0.3 is 10.5 Å². The summed E-state index contributed by atoms with van der Waals surface area (Å²) in [7, 11) is 1.58. The van der Waals surface area contributed by atoms with Gasteiger partial charge in [-0.05, 0) is 31.9 Å². The van der Waals surface area contributed by atoms with Crippen LogP contribution in [-0.4, -0.2) is 30.9 Å². The number of nitrogens with one attached hydrogen (secondary N) is 1. The lowest BCUT2D eigenvalue weighted by Gasteiger charge is -2.22. The highest BCUT2D eigenvalue weighted by Crippen LogP contribution is 2.20. The minimum atomic E-state index is -0.439. The molecule has 4 N–H and O–H groups in total. The number of allylic oxidation sites excluding steroid dienone is 3. The molecule has 0 bridgehead atoms. The first-order valence-corrected chi connectivity index (χ1v) is 6.26. The van der Waals surface area contributed by atoms with Crippen LogP contribution in [0.2, 0.25) is 0 Å². The van der Waals surface area contributed by atoms with Crippen molar-refractivity contribution in [3.05, 3.63) is 36.5 Å². The molecule has 0 radical (unpaired) electrons. The number of amides is 1. The predicted molar refractivity (Wildman–Crippen MR) is 75.6 cm³/mol. The van der Waals surface area contributed by atoms with Crippen molar-refractivity contribution < 1.29 is 14.7 Å². The molecular weight excluding hydrogens is 244 g/mol. The van der Waals surface area contributed by atoms with Crippen LogP contribution < -0.4 is 11.2 Å². The van der Waals surface area contributed by atoms with E-state index in [1.165, 1.54) is 0 Å². The van der Waals surface area contributed by atoms with Crippen LogP contribution in [0.5, 0.6) is 0 Å². The Morgan fingerprint density at radius 1 is 1.58 bits per heavy atom. The van der Waals surface area contributed by atoms with Crippen LogP contribution in [0.15, 0.2) is 36.5 Å². The Morgan fingerprint density at radius 3 is 2.68 bits per heavy atom. The second-order valence-corrected chi connectivity index (χ2v) is 4.11. The van der Waals surface area contributed by atoms with Crippen LogP contribution >= 0.6 is 0 Å². The van der Waals surface area contributed by atoms with E-state index in [1.54, 1.807) is 18.7 Å². The number of methoxy groups -OCH3 is 1. The van der Waals surface area contributed by atoms with Gasteiger partial charge >= 0.3 is 0 Å². The molecule has 108 valence electrons. The van der Waals surface area contributed by atoms with E-state index in [1.807, 2.05) is 25.2 Å². The summed E-state index contributed by atoms with van der Waals surface area (Å²) in [6.07, 6.45) is 8.00. The van der Waals surface area contributed by atoms with Gasteiger partial charge in [-0.3, -0.25) is 10.0 Å². The van der Waals surface area contributed by atoms with E-state index in [-0.39, 0.29) is 6.10 Å². The molecule has 5 nitrogen and oxygen atoms in total. The maximum atomic E-state index is 11.6. The summed E-state index contributed by atoms with van der Waals surface area (Å²) in [6, 6.07) is 0. The summed E-state index contributed by atoms with van der Waals surface area (Å²) in [5.74, 6) is -0.829. The molecule has 0 heterocycles. The largest absolute Gasteiger partial charge is 0.377 e. The van der Waals surface area contributed by atoms with Gasteiger partial charge in [0.1, 0.15) is 0 Å². The fraction of sp³-hybridized carbons (Fsp3) is 0.500. The zero-order valence-electron chi connectivity index (χ0n) is 11.6. The lowest BCUT2D eigenvalue weighted by molar-refractivity contribution is -0.134. The first kappa shape index (κ1) is 17.6. The van der Waals surface area contributed by atoms with Crippen molar-refractivity contribution in [1.82, 2.24) is 5.48 Å². The summed E-state index contributed by atoms with van der Waals surface area (Å²) in [5, 5.41) is 8.74. The molecule has 5 heteroatoms. The van der Waals surface area contributed by atoms with Gasteiger partial charge in [-0.25, -0.2) is 5.48 Å². The molecule has 0 aromatic carbocycles. The maximum absolute atomic E-state index is 11.6. The summed E-state index contributed by atoms with van der Waals surface area (Å²) < 4.78 is 5.42. The molecule has 1 amide bonds. The highest BCUT2D eigenvalue weighted by atomic mass is 16.5. The van der Waals surface area contributed by atoms with Crippen LogP contribution in [0.4, 0.5) is 0 Å². The van der Waals surface area contributed by atoms with Gasteiger partial charge in [0.05, 0.1) is 6.10 Å². The first-order valence-electron chi connectivity index (χ1n) is 6.26. The fourth-order valence-electron chi connectivity index (χ4n) is 1.87. The Kier molecular flexibility index (Phi) is 9.70. The SMILES string of the molecule is C=C/C=C(\C=C/C)C(CC(CCN)C(=O)NO)OC. The van der Waals surface area contributed by atoms with Gasteiger partial charge in [0, 0.05) is 13.0 Å². The monoisotopic (exact) mass is 268 g/mol. The number of hydrogen-bond donors (Lipinski definition) is 3. The van der Waals surface area contributed by atoms with Gasteiger partial charge in [0.25, 0.3) is 0 Å². The van der Waals surface area contributed by atoms with Crippen LogP contribution in [0.25, 0.3) is 0 Å². The Hall–Kier alpha value is -1.43. The molecule has 0 aliphatic heterocycles. The molecule has 19 heavy (non-hydrogen) atoms. The van der Waals surface area contributed by atoms with Gasteiger partial charge in [-0.15, -0.1) is 0 Å². The van der Waals surface area contributed by atoms with Crippen LogP contribution in [-0.2, 0) is 9.53 Å². The van der Waals surface area contributed by atoms with E-state index in [4.69, 9.17) is 15.7 Å². The smallest absolute Gasteiger partial charge is 0.246 e. The zero-order chi connectivity index (χ0) is 14.7. The fourth-order valence-corrected chi connectivity index (χ4v) is 1.87. The van der Waals surface area contributed by atoms with Gasteiger partial charge in [0.15, 0.2) is 0 Å². The zero-order valence-corrected chi connectivity index (χ0v) is 11.6. The molecule has 0 aliphatic carbocycles. The topological polar surface area (TPSA) is 84.6 Å². The third kappa shape index (κ3) is 6.33. The number of hydroxylamine groups is 1. The minimum Gasteiger partial charge on any atom is -0.377 e. The lowest BCUT2D eigenvalue weighted by Crippen LogP contribution is -2.33. The van der Waals surface area contributed by atoms with E-state index < -0.39 is 11.8 Å². The second kappa shape index (κ2) is 10.5. The average molecular weight is 268 g/mol. The molecule has 0 aromatic rings. The number of carbonyl (C=O) groups excluding carboxylic acids is 1. The molecule has 0 saturated heterocycles. The molecule has 2 atom stereocenters. The highest BCUT2D eigenvalue weighted by Gasteiger charge is 2.23. The number of rotatable bonds is 9. The number of ether oxygens (including phenoxy) is 1. The van der Waals surface area contributed by atoms with E-state index in [0.717, 1.165) is 5.57 Å². The van der Waals surface area contributed by atoms with Crippen molar-refractivity contribution in [3.63, 3.8) is 0 Å².